The van der Waals surface area contributed by atoms with Crippen molar-refractivity contribution in [3.63, 3.8) is 0 Å². The molecule has 176 valence electrons. The Kier molecular flexibility index (Phi) is 6.54. The highest BCUT2D eigenvalue weighted by Crippen LogP contribution is 2.38. The quantitative estimate of drug-likeness (QED) is 0.210. The average molecular weight is 520 g/mol. The number of anilines is 1. The standard InChI is InChI=1S/C28H30BrN3O2/c1-27(2,3)18-28(4,5)31-25-24(30-23-12-8-9-17-32(23)25)21-10-6-7-11-22(21)34-26(33)19-13-15-20(29)16-14-19/h6-17,31H,18H2,1-5H3. The first kappa shape index (κ1) is 24.0. The zero-order valence-corrected chi connectivity index (χ0v) is 21.8. The van der Waals surface area contributed by atoms with Gasteiger partial charge in [0.15, 0.2) is 0 Å². The van der Waals surface area contributed by atoms with E-state index >= 15 is 0 Å². The van der Waals surface area contributed by atoms with Crippen LogP contribution in [0.4, 0.5) is 5.82 Å². The Hall–Kier alpha value is -3.12. The van der Waals surface area contributed by atoms with Crippen LogP contribution in [0.1, 0.15) is 51.4 Å². The summed E-state index contributed by atoms with van der Waals surface area (Å²) in [5.74, 6) is 0.929. The Morgan fingerprint density at radius 3 is 2.35 bits per heavy atom. The zero-order valence-electron chi connectivity index (χ0n) is 20.2. The Bertz CT molecular complexity index is 1320. The van der Waals surface area contributed by atoms with Gasteiger partial charge in [-0.25, -0.2) is 9.78 Å². The first-order valence-corrected chi connectivity index (χ1v) is 12.1. The fraction of sp³-hybridized carbons (Fsp3) is 0.286. The minimum absolute atomic E-state index is 0.148. The van der Waals surface area contributed by atoms with Crippen LogP contribution in [0, 0.1) is 5.41 Å². The second-order valence-corrected chi connectivity index (χ2v) is 11.3. The van der Waals surface area contributed by atoms with Gasteiger partial charge in [0.2, 0.25) is 0 Å². The monoisotopic (exact) mass is 519 g/mol. The highest BCUT2D eigenvalue weighted by atomic mass is 79.9. The Labute approximate surface area is 209 Å². The number of pyridine rings is 1. The summed E-state index contributed by atoms with van der Waals surface area (Å²) < 4.78 is 8.81. The first-order chi connectivity index (χ1) is 16.0. The number of imidazole rings is 1. The summed E-state index contributed by atoms with van der Waals surface area (Å²) in [5, 5.41) is 3.74. The van der Waals surface area contributed by atoms with E-state index in [1.54, 1.807) is 18.2 Å². The van der Waals surface area contributed by atoms with Gasteiger partial charge in [-0.05, 0) is 74.2 Å². The second kappa shape index (κ2) is 9.26. The molecule has 1 N–H and O–H groups in total. The molecule has 0 spiro atoms. The normalized spacial score (nSPS) is 12.1. The van der Waals surface area contributed by atoms with E-state index in [4.69, 9.17) is 9.72 Å². The number of aromatic nitrogens is 2. The third-order valence-corrected chi connectivity index (χ3v) is 5.91. The lowest BCUT2D eigenvalue weighted by Gasteiger charge is -2.34. The van der Waals surface area contributed by atoms with Gasteiger partial charge in [-0.3, -0.25) is 4.40 Å². The molecule has 2 aromatic heterocycles. The molecule has 0 bridgehead atoms. The van der Waals surface area contributed by atoms with Crippen LogP contribution >= 0.6 is 15.9 Å². The molecule has 2 aromatic carbocycles. The fourth-order valence-corrected chi connectivity index (χ4v) is 4.75. The third-order valence-electron chi connectivity index (χ3n) is 5.38. The number of carbonyl (C=O) groups is 1. The summed E-state index contributed by atoms with van der Waals surface area (Å²) in [4.78, 5) is 17.8. The number of ether oxygens (including phenoxy) is 1. The molecule has 4 rings (SSSR count). The topological polar surface area (TPSA) is 55.6 Å². The smallest absolute Gasteiger partial charge is 0.343 e. The van der Waals surface area contributed by atoms with E-state index in [1.165, 1.54) is 0 Å². The summed E-state index contributed by atoms with van der Waals surface area (Å²) in [6, 6.07) is 20.6. The molecule has 0 aliphatic heterocycles. The van der Waals surface area contributed by atoms with Crippen molar-refractivity contribution in [3.05, 3.63) is 83.0 Å². The summed E-state index contributed by atoms with van der Waals surface area (Å²) in [6.07, 6.45) is 2.96. The van der Waals surface area contributed by atoms with Gasteiger partial charge in [0.25, 0.3) is 0 Å². The molecule has 34 heavy (non-hydrogen) atoms. The number of nitrogens with one attached hydrogen (secondary N) is 1. The van der Waals surface area contributed by atoms with Crippen LogP contribution in [0.2, 0.25) is 0 Å². The minimum atomic E-state index is -0.411. The molecule has 0 atom stereocenters. The van der Waals surface area contributed by atoms with Crippen molar-refractivity contribution >= 4 is 33.4 Å². The fourth-order valence-electron chi connectivity index (χ4n) is 4.49. The molecule has 0 saturated heterocycles. The van der Waals surface area contributed by atoms with Gasteiger partial charge >= 0.3 is 5.97 Å². The van der Waals surface area contributed by atoms with Gasteiger partial charge in [0.1, 0.15) is 22.9 Å². The number of esters is 1. The van der Waals surface area contributed by atoms with Crippen LogP contribution in [-0.2, 0) is 0 Å². The van der Waals surface area contributed by atoms with E-state index in [0.717, 1.165) is 33.6 Å². The summed E-state index contributed by atoms with van der Waals surface area (Å²) in [6.45, 7) is 11.1. The predicted molar refractivity (Wildman–Crippen MR) is 142 cm³/mol. The van der Waals surface area contributed by atoms with Crippen LogP contribution in [0.5, 0.6) is 5.75 Å². The Morgan fingerprint density at radius 1 is 0.971 bits per heavy atom. The van der Waals surface area contributed by atoms with Gasteiger partial charge in [-0.2, -0.15) is 0 Å². The lowest BCUT2D eigenvalue weighted by Crippen LogP contribution is -2.36. The molecular weight excluding hydrogens is 490 g/mol. The van der Waals surface area contributed by atoms with Crippen LogP contribution in [0.15, 0.2) is 77.4 Å². The van der Waals surface area contributed by atoms with Crippen molar-refractivity contribution in [1.29, 1.82) is 0 Å². The predicted octanol–water partition coefficient (Wildman–Crippen LogP) is 7.61. The molecule has 2 heterocycles. The molecule has 6 heteroatoms. The maximum atomic E-state index is 12.9. The molecule has 5 nitrogen and oxygen atoms in total. The van der Waals surface area contributed by atoms with Crippen molar-refractivity contribution < 1.29 is 9.53 Å². The van der Waals surface area contributed by atoms with Crippen molar-refractivity contribution in [2.75, 3.05) is 5.32 Å². The summed E-state index contributed by atoms with van der Waals surface area (Å²) in [5.41, 5.74) is 2.76. The van der Waals surface area contributed by atoms with E-state index in [9.17, 15) is 4.79 Å². The SMILES string of the molecule is CC(C)(C)CC(C)(C)Nc1c(-c2ccccc2OC(=O)c2ccc(Br)cc2)nc2ccccn12. The number of hydrogen-bond acceptors (Lipinski definition) is 4. The molecule has 0 aliphatic carbocycles. The number of para-hydroxylation sites is 1. The Balaban J connectivity index is 1.76. The number of hydrogen-bond donors (Lipinski definition) is 1. The first-order valence-electron chi connectivity index (χ1n) is 11.3. The van der Waals surface area contributed by atoms with E-state index in [-0.39, 0.29) is 11.0 Å². The van der Waals surface area contributed by atoms with E-state index < -0.39 is 5.97 Å². The van der Waals surface area contributed by atoms with Gasteiger partial charge in [-0.1, -0.05) is 54.9 Å². The number of nitrogens with zero attached hydrogens (tertiary/aromatic N) is 2. The molecule has 0 amide bonds. The lowest BCUT2D eigenvalue weighted by atomic mass is 9.82. The van der Waals surface area contributed by atoms with Gasteiger partial charge in [0, 0.05) is 21.8 Å². The van der Waals surface area contributed by atoms with Crippen molar-refractivity contribution in [3.8, 4) is 17.0 Å². The lowest BCUT2D eigenvalue weighted by molar-refractivity contribution is 0.0735. The van der Waals surface area contributed by atoms with E-state index in [1.807, 2.05) is 59.1 Å². The molecule has 0 fully saturated rings. The van der Waals surface area contributed by atoms with Crippen LogP contribution in [0.25, 0.3) is 16.9 Å². The Morgan fingerprint density at radius 2 is 1.65 bits per heavy atom. The molecule has 0 unspecified atom stereocenters. The minimum Gasteiger partial charge on any atom is -0.422 e. The maximum absolute atomic E-state index is 12.9. The number of rotatable bonds is 6. The number of carbonyl (C=O) groups excluding carboxylic acids is 1. The maximum Gasteiger partial charge on any atom is 0.343 e. The summed E-state index contributed by atoms with van der Waals surface area (Å²) >= 11 is 3.40. The largest absolute Gasteiger partial charge is 0.422 e. The average Bonchev–Trinajstić information content (AvgIpc) is 3.10. The zero-order chi connectivity index (χ0) is 24.5. The second-order valence-electron chi connectivity index (χ2n) is 10.4. The van der Waals surface area contributed by atoms with E-state index in [2.05, 4.69) is 55.9 Å². The van der Waals surface area contributed by atoms with Gasteiger partial charge in [0.05, 0.1) is 5.56 Å². The molecule has 0 aliphatic rings. The number of benzene rings is 2. The molecule has 0 radical (unpaired) electrons. The third kappa shape index (κ3) is 5.50. The van der Waals surface area contributed by atoms with Crippen molar-refractivity contribution in [2.24, 2.45) is 5.41 Å². The van der Waals surface area contributed by atoms with Crippen LogP contribution < -0.4 is 10.1 Å². The van der Waals surface area contributed by atoms with Crippen molar-refractivity contribution in [1.82, 2.24) is 9.38 Å². The number of halogens is 1. The molecular formula is C28H30BrN3O2. The van der Waals surface area contributed by atoms with Crippen molar-refractivity contribution in [2.45, 2.75) is 46.6 Å². The van der Waals surface area contributed by atoms with E-state index in [0.29, 0.717) is 11.3 Å². The summed E-state index contributed by atoms with van der Waals surface area (Å²) in [7, 11) is 0. The highest BCUT2D eigenvalue weighted by molar-refractivity contribution is 9.10. The van der Waals surface area contributed by atoms with Crippen LogP contribution in [0.3, 0.4) is 0 Å². The van der Waals surface area contributed by atoms with Gasteiger partial charge < -0.3 is 10.1 Å². The molecule has 0 saturated carbocycles. The number of fused-ring (bicyclic) bond motifs is 1. The van der Waals surface area contributed by atoms with Crippen LogP contribution in [-0.4, -0.2) is 20.9 Å². The molecule has 4 aromatic rings. The highest BCUT2D eigenvalue weighted by Gasteiger charge is 2.28. The van der Waals surface area contributed by atoms with Gasteiger partial charge in [-0.15, -0.1) is 0 Å².